The van der Waals surface area contributed by atoms with Crippen LogP contribution in [-0.2, 0) is 19.4 Å². The van der Waals surface area contributed by atoms with Gasteiger partial charge in [-0.2, -0.15) is 5.10 Å². The summed E-state index contributed by atoms with van der Waals surface area (Å²) in [7, 11) is 0. The van der Waals surface area contributed by atoms with Gasteiger partial charge in [0.1, 0.15) is 6.54 Å². The van der Waals surface area contributed by atoms with E-state index in [0.717, 1.165) is 24.2 Å². The van der Waals surface area contributed by atoms with Crippen LogP contribution in [0.3, 0.4) is 0 Å². The third-order valence-electron chi connectivity index (χ3n) is 3.08. The molecule has 19 heavy (non-hydrogen) atoms. The molecule has 1 heterocycles. The lowest BCUT2D eigenvalue weighted by atomic mass is 10.1. The Morgan fingerprint density at radius 2 is 2.05 bits per heavy atom. The fraction of sp³-hybridized carbons (Fsp3) is 0.333. The van der Waals surface area contributed by atoms with Crippen LogP contribution >= 0.6 is 11.6 Å². The molecular weight excluding hydrogens is 260 g/mol. The monoisotopic (exact) mass is 276 g/mol. The average molecular weight is 277 g/mol. The van der Waals surface area contributed by atoms with Crippen molar-refractivity contribution < 1.29 is 4.79 Å². The van der Waals surface area contributed by atoms with Crippen molar-refractivity contribution in [3.63, 3.8) is 0 Å². The molecule has 1 aromatic heterocycles. The first-order chi connectivity index (χ1) is 9.13. The number of carbonyl (C=O) groups excluding carboxylic acids is 1. The molecule has 2 aromatic rings. The zero-order valence-corrected chi connectivity index (χ0v) is 11.9. The molecule has 0 saturated heterocycles. The molecule has 0 aliphatic rings. The minimum Gasteiger partial charge on any atom is -0.292 e. The standard InChI is InChI=1S/C15H17ClN2O/c1-3-13-9-14(4-2)18(17-13)10-15(19)11-6-5-7-12(16)8-11/h5-9H,3-4,10H2,1-2H3. The predicted octanol–water partition coefficient (Wildman–Crippen LogP) is 3.54. The molecule has 0 bridgehead atoms. The minimum atomic E-state index is 0.0305. The van der Waals surface area contributed by atoms with Crippen molar-refractivity contribution in [1.82, 2.24) is 9.78 Å². The Kier molecular flexibility index (Phi) is 4.38. The number of aromatic nitrogens is 2. The van der Waals surface area contributed by atoms with Crippen LogP contribution in [0.4, 0.5) is 0 Å². The highest BCUT2D eigenvalue weighted by Crippen LogP contribution is 2.13. The summed E-state index contributed by atoms with van der Waals surface area (Å²) in [5.41, 5.74) is 2.74. The van der Waals surface area contributed by atoms with Crippen LogP contribution in [0.1, 0.15) is 35.6 Å². The van der Waals surface area contributed by atoms with Crippen LogP contribution in [0.25, 0.3) is 0 Å². The molecule has 1 aromatic carbocycles. The van der Waals surface area contributed by atoms with Crippen LogP contribution in [0, 0.1) is 0 Å². The van der Waals surface area contributed by atoms with Gasteiger partial charge in [-0.1, -0.05) is 37.6 Å². The van der Waals surface area contributed by atoms with Crippen molar-refractivity contribution in [1.29, 1.82) is 0 Å². The van der Waals surface area contributed by atoms with Crippen molar-refractivity contribution in [3.05, 3.63) is 52.3 Å². The SMILES string of the molecule is CCc1cc(CC)n(CC(=O)c2cccc(Cl)c2)n1. The number of ketones is 1. The van der Waals surface area contributed by atoms with Crippen LogP contribution in [0.5, 0.6) is 0 Å². The predicted molar refractivity (Wildman–Crippen MR) is 76.8 cm³/mol. The Labute approximate surface area is 118 Å². The first kappa shape index (κ1) is 13.8. The lowest BCUT2D eigenvalue weighted by Gasteiger charge is -2.05. The van der Waals surface area contributed by atoms with E-state index in [0.29, 0.717) is 10.6 Å². The lowest BCUT2D eigenvalue weighted by Crippen LogP contribution is -2.14. The van der Waals surface area contributed by atoms with Gasteiger partial charge in [-0.25, -0.2) is 0 Å². The summed E-state index contributed by atoms with van der Waals surface area (Å²) < 4.78 is 1.79. The van der Waals surface area contributed by atoms with E-state index in [1.54, 1.807) is 28.9 Å². The molecule has 0 radical (unpaired) electrons. The molecule has 0 atom stereocenters. The number of benzene rings is 1. The van der Waals surface area contributed by atoms with Gasteiger partial charge in [0.15, 0.2) is 5.78 Å². The molecule has 0 spiro atoms. The largest absolute Gasteiger partial charge is 0.292 e. The maximum atomic E-state index is 12.2. The maximum Gasteiger partial charge on any atom is 0.184 e. The number of nitrogens with zero attached hydrogens (tertiary/aromatic N) is 2. The zero-order chi connectivity index (χ0) is 13.8. The van der Waals surface area contributed by atoms with E-state index in [1.165, 1.54) is 0 Å². The van der Waals surface area contributed by atoms with Crippen LogP contribution in [-0.4, -0.2) is 15.6 Å². The van der Waals surface area contributed by atoms with Gasteiger partial charge in [-0.15, -0.1) is 0 Å². The zero-order valence-electron chi connectivity index (χ0n) is 11.2. The van der Waals surface area contributed by atoms with Gasteiger partial charge in [0, 0.05) is 16.3 Å². The highest BCUT2D eigenvalue weighted by atomic mass is 35.5. The molecule has 4 heteroatoms. The van der Waals surface area contributed by atoms with Crippen molar-refractivity contribution in [3.8, 4) is 0 Å². The van der Waals surface area contributed by atoms with Gasteiger partial charge in [0.05, 0.1) is 5.69 Å². The summed E-state index contributed by atoms with van der Waals surface area (Å²) in [6, 6.07) is 9.09. The lowest BCUT2D eigenvalue weighted by molar-refractivity contribution is 0.0966. The summed E-state index contributed by atoms with van der Waals surface area (Å²) in [6.07, 6.45) is 1.75. The molecule has 3 nitrogen and oxygen atoms in total. The molecule has 2 rings (SSSR count). The van der Waals surface area contributed by atoms with Gasteiger partial charge >= 0.3 is 0 Å². The summed E-state index contributed by atoms with van der Waals surface area (Å²) in [5.74, 6) is 0.0305. The topological polar surface area (TPSA) is 34.9 Å². The number of hydrogen-bond donors (Lipinski definition) is 0. The Bertz CT molecular complexity index is 590. The molecule has 0 amide bonds. The molecular formula is C15H17ClN2O. The molecule has 0 aliphatic carbocycles. The van der Waals surface area contributed by atoms with Gasteiger partial charge in [-0.3, -0.25) is 9.48 Å². The van der Waals surface area contributed by atoms with Crippen molar-refractivity contribution >= 4 is 17.4 Å². The Balaban J connectivity index is 2.21. The molecule has 0 saturated carbocycles. The molecule has 0 fully saturated rings. The number of halogens is 1. The van der Waals surface area contributed by atoms with Crippen LogP contribution < -0.4 is 0 Å². The summed E-state index contributed by atoms with van der Waals surface area (Å²) >= 11 is 5.90. The quantitative estimate of drug-likeness (QED) is 0.783. The van der Waals surface area contributed by atoms with Gasteiger partial charge in [-0.05, 0) is 31.0 Å². The molecule has 100 valence electrons. The Morgan fingerprint density at radius 1 is 1.26 bits per heavy atom. The highest BCUT2D eigenvalue weighted by Gasteiger charge is 2.11. The van der Waals surface area contributed by atoms with E-state index in [9.17, 15) is 4.79 Å². The average Bonchev–Trinajstić information content (AvgIpc) is 2.81. The maximum absolute atomic E-state index is 12.2. The minimum absolute atomic E-state index is 0.0305. The fourth-order valence-corrected chi connectivity index (χ4v) is 2.19. The number of rotatable bonds is 5. The number of Topliss-reactive ketones (excluding diaryl/α,β-unsaturated/α-hetero) is 1. The third-order valence-corrected chi connectivity index (χ3v) is 3.31. The van der Waals surface area contributed by atoms with E-state index in [1.807, 2.05) is 0 Å². The number of carbonyl (C=O) groups is 1. The van der Waals surface area contributed by atoms with Crippen molar-refractivity contribution in [2.24, 2.45) is 0 Å². The second kappa shape index (κ2) is 6.02. The van der Waals surface area contributed by atoms with Crippen molar-refractivity contribution in [2.45, 2.75) is 33.2 Å². The van der Waals surface area contributed by atoms with Gasteiger partial charge < -0.3 is 0 Å². The Morgan fingerprint density at radius 3 is 2.68 bits per heavy atom. The summed E-state index contributed by atoms with van der Waals surface area (Å²) in [6.45, 7) is 4.39. The van der Waals surface area contributed by atoms with Gasteiger partial charge in [0.25, 0.3) is 0 Å². The number of aryl methyl sites for hydroxylation is 2. The number of hydrogen-bond acceptors (Lipinski definition) is 2. The fourth-order valence-electron chi connectivity index (χ4n) is 2.00. The van der Waals surface area contributed by atoms with E-state index in [2.05, 4.69) is 25.0 Å². The highest BCUT2D eigenvalue weighted by molar-refractivity contribution is 6.31. The molecule has 0 aliphatic heterocycles. The van der Waals surface area contributed by atoms with Crippen LogP contribution in [0.15, 0.2) is 30.3 Å². The summed E-state index contributed by atoms with van der Waals surface area (Å²) in [4.78, 5) is 12.2. The summed E-state index contributed by atoms with van der Waals surface area (Å²) in [5, 5.41) is 5.03. The Hall–Kier alpha value is -1.61. The van der Waals surface area contributed by atoms with Crippen molar-refractivity contribution in [2.75, 3.05) is 0 Å². The molecule has 0 N–H and O–H groups in total. The second-order valence-corrected chi connectivity index (χ2v) is 4.86. The third kappa shape index (κ3) is 3.24. The second-order valence-electron chi connectivity index (χ2n) is 4.43. The van der Waals surface area contributed by atoms with E-state index >= 15 is 0 Å². The van der Waals surface area contributed by atoms with Gasteiger partial charge in [0.2, 0.25) is 0 Å². The van der Waals surface area contributed by atoms with E-state index < -0.39 is 0 Å². The normalized spacial score (nSPS) is 10.7. The van der Waals surface area contributed by atoms with E-state index in [-0.39, 0.29) is 12.3 Å². The smallest absolute Gasteiger partial charge is 0.184 e. The molecule has 0 unspecified atom stereocenters. The van der Waals surface area contributed by atoms with Crippen LogP contribution in [0.2, 0.25) is 5.02 Å². The first-order valence-electron chi connectivity index (χ1n) is 6.48. The first-order valence-corrected chi connectivity index (χ1v) is 6.86. The van der Waals surface area contributed by atoms with E-state index in [4.69, 9.17) is 11.6 Å².